The second-order valence-electron chi connectivity index (χ2n) is 3.99. The van der Waals surface area contributed by atoms with Gasteiger partial charge in [0.15, 0.2) is 0 Å². The van der Waals surface area contributed by atoms with Gasteiger partial charge in [0.2, 0.25) is 0 Å². The molecule has 1 amide bonds. The average Bonchev–Trinajstić information content (AvgIpc) is 2.84. The third kappa shape index (κ3) is 2.97. The summed E-state index contributed by atoms with van der Waals surface area (Å²) in [5.74, 6) is -0.184. The minimum absolute atomic E-state index is 0.184. The molecule has 0 aliphatic rings. The van der Waals surface area contributed by atoms with Crippen LogP contribution in [0.1, 0.15) is 27.9 Å². The molecule has 0 bridgehead atoms. The standard InChI is InChI=1S/C13H13N3O2S/c1-8(16-18)10-4-3-5-11(6-10)15-13(17)12-9(2)14-7-19-12/h3-7,18H,1-2H3,(H,15,17)/b16-8+. The molecule has 1 heterocycles. The maximum atomic E-state index is 12.0. The number of carbonyl (C=O) groups is 1. The summed E-state index contributed by atoms with van der Waals surface area (Å²) in [4.78, 5) is 16.7. The van der Waals surface area contributed by atoms with Crippen LogP contribution < -0.4 is 5.32 Å². The molecule has 1 aromatic heterocycles. The van der Waals surface area contributed by atoms with E-state index in [0.717, 1.165) is 5.56 Å². The first-order chi connectivity index (χ1) is 9.11. The Labute approximate surface area is 114 Å². The highest BCUT2D eigenvalue weighted by Crippen LogP contribution is 2.16. The molecule has 0 spiro atoms. The van der Waals surface area contributed by atoms with Crippen molar-refractivity contribution in [3.8, 4) is 0 Å². The lowest BCUT2D eigenvalue weighted by molar-refractivity contribution is 0.103. The number of nitrogens with zero attached hydrogens (tertiary/aromatic N) is 2. The van der Waals surface area contributed by atoms with Crippen LogP contribution >= 0.6 is 11.3 Å². The molecule has 6 heteroatoms. The molecule has 2 aromatic rings. The van der Waals surface area contributed by atoms with Gasteiger partial charge in [0.1, 0.15) is 4.88 Å². The molecule has 1 aromatic carbocycles. The largest absolute Gasteiger partial charge is 0.411 e. The van der Waals surface area contributed by atoms with Crippen LogP contribution in [0, 0.1) is 6.92 Å². The van der Waals surface area contributed by atoms with Crippen LogP contribution in [0.5, 0.6) is 0 Å². The molecule has 2 rings (SSSR count). The molecule has 0 saturated carbocycles. The van der Waals surface area contributed by atoms with Crippen molar-refractivity contribution in [1.82, 2.24) is 4.98 Å². The summed E-state index contributed by atoms with van der Waals surface area (Å²) >= 11 is 1.31. The van der Waals surface area contributed by atoms with Crippen molar-refractivity contribution in [2.75, 3.05) is 5.32 Å². The highest BCUT2D eigenvalue weighted by Gasteiger charge is 2.12. The Morgan fingerprint density at radius 1 is 1.47 bits per heavy atom. The van der Waals surface area contributed by atoms with Gasteiger partial charge in [-0.3, -0.25) is 4.79 Å². The topological polar surface area (TPSA) is 74.6 Å². The Bertz CT molecular complexity index is 634. The third-order valence-electron chi connectivity index (χ3n) is 2.64. The molecule has 5 nitrogen and oxygen atoms in total. The maximum absolute atomic E-state index is 12.0. The van der Waals surface area contributed by atoms with Gasteiger partial charge in [0.05, 0.1) is 16.9 Å². The van der Waals surface area contributed by atoms with Gasteiger partial charge in [-0.1, -0.05) is 17.3 Å². The quantitative estimate of drug-likeness (QED) is 0.514. The zero-order valence-electron chi connectivity index (χ0n) is 10.5. The van der Waals surface area contributed by atoms with Crippen LogP contribution in [0.4, 0.5) is 5.69 Å². The number of nitrogens with one attached hydrogen (secondary N) is 1. The smallest absolute Gasteiger partial charge is 0.267 e. The van der Waals surface area contributed by atoms with Crippen molar-refractivity contribution in [2.45, 2.75) is 13.8 Å². The lowest BCUT2D eigenvalue weighted by Gasteiger charge is -2.06. The van der Waals surface area contributed by atoms with Gasteiger partial charge in [0, 0.05) is 11.3 Å². The van der Waals surface area contributed by atoms with Crippen molar-refractivity contribution in [3.63, 3.8) is 0 Å². The van der Waals surface area contributed by atoms with Gasteiger partial charge in [-0.05, 0) is 26.0 Å². The SMILES string of the molecule is C/C(=N\O)c1cccc(NC(=O)c2scnc2C)c1. The number of anilines is 1. The fourth-order valence-corrected chi connectivity index (χ4v) is 2.28. The first-order valence-electron chi connectivity index (χ1n) is 5.62. The number of carbonyl (C=O) groups excluding carboxylic acids is 1. The van der Waals surface area contributed by atoms with Crippen LogP contribution in [0.25, 0.3) is 0 Å². The number of amides is 1. The Morgan fingerprint density at radius 2 is 2.26 bits per heavy atom. The molecule has 0 aliphatic heterocycles. The first kappa shape index (κ1) is 13.2. The van der Waals surface area contributed by atoms with Gasteiger partial charge in [-0.15, -0.1) is 11.3 Å². The fourth-order valence-electron chi connectivity index (χ4n) is 1.59. The van der Waals surface area contributed by atoms with Crippen LogP contribution in [0.2, 0.25) is 0 Å². The Balaban J connectivity index is 2.20. The van der Waals surface area contributed by atoms with Crippen LogP contribution in [-0.4, -0.2) is 21.8 Å². The van der Waals surface area contributed by atoms with Crippen molar-refractivity contribution >= 4 is 28.6 Å². The summed E-state index contributed by atoms with van der Waals surface area (Å²) < 4.78 is 0. The van der Waals surface area contributed by atoms with E-state index in [-0.39, 0.29) is 5.91 Å². The minimum Gasteiger partial charge on any atom is -0.411 e. The number of hydrogen-bond acceptors (Lipinski definition) is 5. The van der Waals surface area contributed by atoms with Crippen LogP contribution in [0.3, 0.4) is 0 Å². The van der Waals surface area contributed by atoms with Gasteiger partial charge in [0.25, 0.3) is 5.91 Å². The lowest BCUT2D eigenvalue weighted by Crippen LogP contribution is -2.12. The van der Waals surface area contributed by atoms with E-state index in [1.807, 2.05) is 6.07 Å². The fraction of sp³-hybridized carbons (Fsp3) is 0.154. The van der Waals surface area contributed by atoms with E-state index in [1.165, 1.54) is 11.3 Å². The molecular weight excluding hydrogens is 262 g/mol. The van der Waals surface area contributed by atoms with Gasteiger partial charge >= 0.3 is 0 Å². The highest BCUT2D eigenvalue weighted by atomic mass is 32.1. The second-order valence-corrected chi connectivity index (χ2v) is 4.84. The van der Waals surface area contributed by atoms with E-state index >= 15 is 0 Å². The van der Waals surface area contributed by atoms with Gasteiger partial charge in [-0.25, -0.2) is 4.98 Å². The molecule has 0 saturated heterocycles. The van der Waals surface area contributed by atoms with Crippen LogP contribution in [0.15, 0.2) is 34.9 Å². The van der Waals surface area contributed by atoms with Crippen molar-refractivity contribution in [2.24, 2.45) is 5.16 Å². The molecular formula is C13H13N3O2S. The molecule has 0 atom stereocenters. The summed E-state index contributed by atoms with van der Waals surface area (Å²) in [6, 6.07) is 7.13. The Hall–Kier alpha value is -2.21. The van der Waals surface area contributed by atoms with E-state index in [4.69, 9.17) is 5.21 Å². The zero-order chi connectivity index (χ0) is 13.8. The molecule has 19 heavy (non-hydrogen) atoms. The molecule has 0 unspecified atom stereocenters. The van der Waals surface area contributed by atoms with Crippen molar-refractivity contribution in [3.05, 3.63) is 45.9 Å². The van der Waals surface area contributed by atoms with E-state index in [2.05, 4.69) is 15.5 Å². The number of aryl methyl sites for hydroxylation is 1. The lowest BCUT2D eigenvalue weighted by atomic mass is 10.1. The Morgan fingerprint density at radius 3 is 2.89 bits per heavy atom. The number of hydrogen-bond donors (Lipinski definition) is 2. The molecule has 0 fully saturated rings. The van der Waals surface area contributed by atoms with Crippen LogP contribution in [-0.2, 0) is 0 Å². The summed E-state index contributed by atoms with van der Waals surface area (Å²) in [6.07, 6.45) is 0. The van der Waals surface area contributed by atoms with Gasteiger partial charge < -0.3 is 10.5 Å². The molecule has 98 valence electrons. The van der Waals surface area contributed by atoms with E-state index < -0.39 is 0 Å². The number of aromatic nitrogens is 1. The highest BCUT2D eigenvalue weighted by molar-refractivity contribution is 7.12. The molecule has 0 radical (unpaired) electrons. The summed E-state index contributed by atoms with van der Waals surface area (Å²) in [5.41, 5.74) is 4.25. The summed E-state index contributed by atoms with van der Waals surface area (Å²) in [5, 5.41) is 14.7. The second kappa shape index (κ2) is 5.62. The van der Waals surface area contributed by atoms with E-state index in [9.17, 15) is 4.79 Å². The summed E-state index contributed by atoms with van der Waals surface area (Å²) in [7, 11) is 0. The number of rotatable bonds is 3. The van der Waals surface area contributed by atoms with E-state index in [0.29, 0.717) is 22.0 Å². The number of oxime groups is 1. The number of benzene rings is 1. The summed E-state index contributed by atoms with van der Waals surface area (Å²) in [6.45, 7) is 3.48. The Kier molecular flexibility index (Phi) is 3.91. The zero-order valence-corrected chi connectivity index (χ0v) is 11.4. The maximum Gasteiger partial charge on any atom is 0.267 e. The monoisotopic (exact) mass is 275 g/mol. The first-order valence-corrected chi connectivity index (χ1v) is 6.50. The third-order valence-corrected chi connectivity index (χ3v) is 3.57. The van der Waals surface area contributed by atoms with E-state index in [1.54, 1.807) is 37.6 Å². The molecule has 2 N–H and O–H groups in total. The molecule has 0 aliphatic carbocycles. The average molecular weight is 275 g/mol. The van der Waals surface area contributed by atoms with Crippen molar-refractivity contribution < 1.29 is 10.0 Å². The normalized spacial score (nSPS) is 11.4. The predicted molar refractivity (Wildman–Crippen MR) is 75.2 cm³/mol. The van der Waals surface area contributed by atoms with Crippen molar-refractivity contribution in [1.29, 1.82) is 0 Å². The number of thiazole rings is 1. The van der Waals surface area contributed by atoms with Gasteiger partial charge in [-0.2, -0.15) is 0 Å². The minimum atomic E-state index is -0.184. The predicted octanol–water partition coefficient (Wildman–Crippen LogP) is 2.90.